The zero-order valence-electron chi connectivity index (χ0n) is 11.6. The van der Waals surface area contributed by atoms with Gasteiger partial charge in [-0.3, -0.25) is 4.99 Å². The lowest BCUT2D eigenvalue weighted by atomic mass is 10.2. The molecule has 0 aliphatic carbocycles. The molecule has 0 saturated heterocycles. The van der Waals surface area contributed by atoms with Gasteiger partial charge in [-0.1, -0.05) is 30.3 Å². The van der Waals surface area contributed by atoms with Gasteiger partial charge in [0.05, 0.1) is 7.21 Å². The quantitative estimate of drug-likeness (QED) is 0.571. The Morgan fingerprint density at radius 1 is 1.47 bits per heavy atom. The molecule has 0 aromatic heterocycles. The maximum absolute atomic E-state index is 7.88. The molecule has 4 heteroatoms. The number of benzene rings is 1. The van der Waals surface area contributed by atoms with E-state index in [9.17, 15) is 0 Å². The zero-order chi connectivity index (χ0) is 13.8. The van der Waals surface area contributed by atoms with Gasteiger partial charge in [0.1, 0.15) is 0 Å². The Labute approximate surface area is 93.9 Å². The zero-order valence-corrected chi connectivity index (χ0v) is 8.57. The number of guanidine groups is 1. The average molecular weight is 207 g/mol. The highest BCUT2D eigenvalue weighted by molar-refractivity contribution is 5.93. The number of aliphatic imine (C=N–C) groups is 2. The van der Waals surface area contributed by atoms with Gasteiger partial charge >= 0.3 is 0 Å². The van der Waals surface area contributed by atoms with Crippen LogP contribution in [-0.2, 0) is 6.37 Å². The number of nitrogens with two attached hydrogens (primary N) is 2. The summed E-state index contributed by atoms with van der Waals surface area (Å²) in [4.78, 5) is 7.55. The van der Waals surface area contributed by atoms with Crippen LogP contribution in [0.1, 0.15) is 16.6 Å². The van der Waals surface area contributed by atoms with Crippen molar-refractivity contribution >= 4 is 11.8 Å². The molecule has 1 aromatic carbocycles. The normalized spacial score (nSPS) is 16.7. The van der Waals surface area contributed by atoms with Gasteiger partial charge in [-0.05, 0) is 18.9 Å². The van der Waals surface area contributed by atoms with E-state index < -0.39 is 6.37 Å². The first-order valence-corrected chi connectivity index (χ1v) is 4.49. The molecule has 0 saturated carbocycles. The van der Waals surface area contributed by atoms with Gasteiger partial charge in [-0.25, -0.2) is 4.99 Å². The second-order valence-electron chi connectivity index (χ2n) is 2.89. The van der Waals surface area contributed by atoms with Crippen LogP contribution >= 0.6 is 0 Å². The molecule has 0 unspecified atom stereocenters. The molecule has 80 valence electrons. The van der Waals surface area contributed by atoms with Crippen LogP contribution in [0.15, 0.2) is 40.3 Å². The summed E-state index contributed by atoms with van der Waals surface area (Å²) in [5, 5.41) is 0. The SMILES string of the molecule is [2H]c1ccc(C([2H])([2H])CN=C(N)N=C(C)N)cc1. The molecule has 1 aromatic rings. The number of hydrogen-bond donors (Lipinski definition) is 2. The van der Waals surface area contributed by atoms with Crippen molar-refractivity contribution in [2.24, 2.45) is 21.5 Å². The maximum Gasteiger partial charge on any atom is 0.216 e. The fourth-order valence-corrected chi connectivity index (χ4v) is 0.933. The molecular formula is C11H16N4. The van der Waals surface area contributed by atoms with Crippen LogP contribution in [0.2, 0.25) is 0 Å². The first-order chi connectivity index (χ1) is 8.31. The molecule has 0 atom stereocenters. The Kier molecular flexibility index (Phi) is 2.88. The average Bonchev–Trinajstić information content (AvgIpc) is 2.26. The highest BCUT2D eigenvalue weighted by atomic mass is 15.1. The Bertz CT molecular complexity index is 462. The first-order valence-electron chi connectivity index (χ1n) is 5.99. The molecule has 0 aliphatic rings. The van der Waals surface area contributed by atoms with Crippen LogP contribution in [0, 0.1) is 0 Å². The highest BCUT2D eigenvalue weighted by Crippen LogP contribution is 1.99. The van der Waals surface area contributed by atoms with Crippen molar-refractivity contribution in [2.75, 3.05) is 6.54 Å². The largest absolute Gasteiger partial charge is 0.387 e. The van der Waals surface area contributed by atoms with Gasteiger partial charge in [0.15, 0.2) is 0 Å². The molecule has 0 spiro atoms. The summed E-state index contributed by atoms with van der Waals surface area (Å²) in [6.07, 6.45) is -1.66. The lowest BCUT2D eigenvalue weighted by molar-refractivity contribution is 0.962. The van der Waals surface area contributed by atoms with E-state index in [0.717, 1.165) is 0 Å². The molecule has 4 N–H and O–H groups in total. The smallest absolute Gasteiger partial charge is 0.216 e. The monoisotopic (exact) mass is 207 g/mol. The number of hydrogen-bond acceptors (Lipinski definition) is 1. The third-order valence-corrected chi connectivity index (χ3v) is 1.53. The maximum atomic E-state index is 7.88. The fourth-order valence-electron chi connectivity index (χ4n) is 0.933. The standard InChI is InChI=1S/C11H16N4/c1-9(12)15-11(13)14-8-7-10-5-3-2-4-6-10/h2-6H,7-8H2,1H3,(H4,12,13,14,15)/i2D,7D2. The minimum Gasteiger partial charge on any atom is -0.387 e. The van der Waals surface area contributed by atoms with Crippen molar-refractivity contribution in [3.8, 4) is 0 Å². The van der Waals surface area contributed by atoms with Gasteiger partial charge in [0.25, 0.3) is 0 Å². The molecule has 1 rings (SSSR count). The van der Waals surface area contributed by atoms with Crippen molar-refractivity contribution in [1.82, 2.24) is 0 Å². The van der Waals surface area contributed by atoms with Crippen molar-refractivity contribution in [1.29, 1.82) is 0 Å². The molecule has 0 heterocycles. The van der Waals surface area contributed by atoms with E-state index in [0.29, 0.717) is 11.6 Å². The molecule has 0 amide bonds. The Morgan fingerprint density at radius 3 is 2.73 bits per heavy atom. The van der Waals surface area contributed by atoms with Crippen LogP contribution in [-0.4, -0.2) is 18.3 Å². The summed E-state index contributed by atoms with van der Waals surface area (Å²) in [6, 6.07) is 6.52. The number of rotatable bonds is 3. The van der Waals surface area contributed by atoms with E-state index in [1.807, 2.05) is 0 Å². The summed E-state index contributed by atoms with van der Waals surface area (Å²) in [5.41, 5.74) is 11.3. The summed E-state index contributed by atoms with van der Waals surface area (Å²) in [5.74, 6) is 0.228. The highest BCUT2D eigenvalue weighted by Gasteiger charge is 1.91. The predicted octanol–water partition coefficient (Wildman–Crippen LogP) is 0.921. The van der Waals surface area contributed by atoms with Crippen LogP contribution < -0.4 is 11.5 Å². The second kappa shape index (κ2) is 5.80. The Hall–Kier alpha value is -1.84. The van der Waals surface area contributed by atoms with E-state index in [1.165, 1.54) is 12.1 Å². The summed E-state index contributed by atoms with van der Waals surface area (Å²) >= 11 is 0. The first kappa shape index (κ1) is 7.45. The van der Waals surface area contributed by atoms with Crippen molar-refractivity contribution in [3.05, 3.63) is 35.9 Å². The molecule has 0 radical (unpaired) electrons. The Balaban J connectivity index is 2.82. The van der Waals surface area contributed by atoms with Crippen LogP contribution in [0.4, 0.5) is 0 Å². The minimum atomic E-state index is -1.66. The van der Waals surface area contributed by atoms with E-state index in [1.54, 1.807) is 19.1 Å². The summed E-state index contributed by atoms with van der Waals surface area (Å²) < 4.78 is 23.1. The van der Waals surface area contributed by atoms with Gasteiger partial charge in [-0.15, -0.1) is 0 Å². The van der Waals surface area contributed by atoms with E-state index >= 15 is 0 Å². The van der Waals surface area contributed by atoms with E-state index in [2.05, 4.69) is 9.98 Å². The molecule has 0 bridgehead atoms. The number of amidine groups is 1. The van der Waals surface area contributed by atoms with Crippen LogP contribution in [0.5, 0.6) is 0 Å². The van der Waals surface area contributed by atoms with Crippen molar-refractivity contribution < 1.29 is 4.11 Å². The molecule has 0 fully saturated rings. The second-order valence-corrected chi connectivity index (χ2v) is 2.89. The van der Waals surface area contributed by atoms with Gasteiger partial charge in [-0.2, -0.15) is 0 Å². The summed E-state index contributed by atoms with van der Waals surface area (Å²) in [7, 11) is 0. The van der Waals surface area contributed by atoms with E-state index in [-0.39, 0.29) is 18.3 Å². The minimum absolute atomic E-state index is 0.0454. The van der Waals surface area contributed by atoms with Gasteiger partial charge < -0.3 is 11.5 Å². The third kappa shape index (κ3) is 4.81. The van der Waals surface area contributed by atoms with Crippen LogP contribution in [0.25, 0.3) is 0 Å². The fraction of sp³-hybridized carbons (Fsp3) is 0.273. The van der Waals surface area contributed by atoms with Crippen molar-refractivity contribution in [3.63, 3.8) is 0 Å². The lowest BCUT2D eigenvalue weighted by Gasteiger charge is -1.97. The predicted molar refractivity (Wildman–Crippen MR) is 63.9 cm³/mol. The topological polar surface area (TPSA) is 76.8 Å². The molecule has 4 nitrogen and oxygen atoms in total. The molecule has 15 heavy (non-hydrogen) atoms. The van der Waals surface area contributed by atoms with Gasteiger partial charge in [0, 0.05) is 9.29 Å². The third-order valence-electron chi connectivity index (χ3n) is 1.53. The van der Waals surface area contributed by atoms with Crippen LogP contribution in [0.3, 0.4) is 0 Å². The van der Waals surface area contributed by atoms with E-state index in [4.69, 9.17) is 15.6 Å². The Morgan fingerprint density at radius 2 is 2.13 bits per heavy atom. The number of nitrogens with zero attached hydrogens (tertiary/aromatic N) is 2. The molecule has 0 aliphatic heterocycles. The van der Waals surface area contributed by atoms with Gasteiger partial charge in [0.2, 0.25) is 5.96 Å². The summed E-state index contributed by atoms with van der Waals surface area (Å²) in [6.45, 7) is 1.43. The lowest BCUT2D eigenvalue weighted by Crippen LogP contribution is -2.16. The molecular weight excluding hydrogens is 188 g/mol. The van der Waals surface area contributed by atoms with Crippen molar-refractivity contribution in [2.45, 2.75) is 13.3 Å².